The lowest BCUT2D eigenvalue weighted by Gasteiger charge is -2.21. The topological polar surface area (TPSA) is 237 Å². The summed E-state index contributed by atoms with van der Waals surface area (Å²) in [5, 5.41) is 10.6. The number of rotatable bonds is 76. The van der Waals surface area contributed by atoms with Crippen LogP contribution in [0.1, 0.15) is 401 Å². The van der Waals surface area contributed by atoms with E-state index in [1.807, 2.05) is 0 Å². The number of ether oxygens (including phenoxy) is 4. The summed E-state index contributed by atoms with van der Waals surface area (Å²) in [4.78, 5) is 72.8. The van der Waals surface area contributed by atoms with Gasteiger partial charge in [0, 0.05) is 25.7 Å². The molecule has 0 aromatic carbocycles. The Balaban J connectivity index is 5.21. The average molecular weight is 1410 g/mol. The van der Waals surface area contributed by atoms with Crippen LogP contribution in [0.15, 0.2) is 0 Å². The molecule has 0 saturated carbocycles. The quantitative estimate of drug-likeness (QED) is 0.0222. The maximum Gasteiger partial charge on any atom is 0.472 e. The van der Waals surface area contributed by atoms with E-state index in [0.29, 0.717) is 31.6 Å². The predicted octanol–water partition coefficient (Wildman–Crippen LogP) is 22.7. The molecule has 570 valence electrons. The summed E-state index contributed by atoms with van der Waals surface area (Å²) < 4.78 is 68.5. The van der Waals surface area contributed by atoms with Gasteiger partial charge in [-0.05, 0) is 37.5 Å². The van der Waals surface area contributed by atoms with Crippen LogP contribution in [0.25, 0.3) is 0 Å². The summed E-state index contributed by atoms with van der Waals surface area (Å²) in [7, 11) is -9.91. The second-order valence-electron chi connectivity index (χ2n) is 28.5. The third kappa shape index (κ3) is 69.2. The van der Waals surface area contributed by atoms with Gasteiger partial charge in [-0.15, -0.1) is 0 Å². The Morgan fingerprint density at radius 2 is 0.531 bits per heavy atom. The highest BCUT2D eigenvalue weighted by Crippen LogP contribution is 2.45. The van der Waals surface area contributed by atoms with Crippen molar-refractivity contribution < 1.29 is 80.2 Å². The zero-order valence-corrected chi connectivity index (χ0v) is 64.5. The van der Waals surface area contributed by atoms with Gasteiger partial charge < -0.3 is 33.8 Å². The maximum absolute atomic E-state index is 13.1. The van der Waals surface area contributed by atoms with Crippen LogP contribution >= 0.6 is 15.6 Å². The van der Waals surface area contributed by atoms with Crippen LogP contribution < -0.4 is 0 Å². The molecule has 0 saturated heterocycles. The lowest BCUT2D eigenvalue weighted by Crippen LogP contribution is -2.30. The molecule has 0 aromatic rings. The first-order valence-electron chi connectivity index (χ1n) is 40.0. The number of phosphoric acid groups is 2. The summed E-state index contributed by atoms with van der Waals surface area (Å²) >= 11 is 0. The van der Waals surface area contributed by atoms with Gasteiger partial charge in [0.25, 0.3) is 0 Å². The molecule has 0 aliphatic carbocycles. The van der Waals surface area contributed by atoms with Gasteiger partial charge in [0.1, 0.15) is 19.3 Å². The first-order valence-corrected chi connectivity index (χ1v) is 43.0. The molecule has 0 spiro atoms. The molecule has 0 bridgehead atoms. The van der Waals surface area contributed by atoms with E-state index in [-0.39, 0.29) is 25.7 Å². The van der Waals surface area contributed by atoms with Crippen molar-refractivity contribution in [3.05, 3.63) is 0 Å². The van der Waals surface area contributed by atoms with Crippen LogP contribution in [0.3, 0.4) is 0 Å². The Morgan fingerprint density at radius 1 is 0.302 bits per heavy atom. The molecule has 0 aliphatic heterocycles. The SMILES string of the molecule is CCCCCCCCCCCCCCCCCCCCCC(=O)O[C@H](COC(=O)CCCCCCCCCCCCCCCCCCC)COP(=O)(O)OC[C@@H](O)COP(=O)(O)OC[C@@H](COC(=O)CCCCCCCCC(C)CC)OC(=O)CCCCCCCCCC(C)C. The molecule has 19 heteroatoms. The van der Waals surface area contributed by atoms with E-state index in [1.165, 1.54) is 212 Å². The Bertz CT molecular complexity index is 1860. The first-order chi connectivity index (χ1) is 46.4. The van der Waals surface area contributed by atoms with Crippen molar-refractivity contribution in [1.29, 1.82) is 0 Å². The monoisotopic (exact) mass is 1410 g/mol. The molecule has 3 N–H and O–H groups in total. The van der Waals surface area contributed by atoms with Crippen LogP contribution in [-0.4, -0.2) is 96.7 Å². The van der Waals surface area contributed by atoms with E-state index >= 15 is 0 Å². The molecular formula is C77H150O17P2. The van der Waals surface area contributed by atoms with Crippen molar-refractivity contribution >= 4 is 39.5 Å². The highest BCUT2D eigenvalue weighted by Gasteiger charge is 2.30. The number of esters is 4. The van der Waals surface area contributed by atoms with Crippen molar-refractivity contribution in [1.82, 2.24) is 0 Å². The number of hydrogen-bond acceptors (Lipinski definition) is 15. The number of hydrogen-bond donors (Lipinski definition) is 3. The van der Waals surface area contributed by atoms with Gasteiger partial charge in [0.15, 0.2) is 12.2 Å². The largest absolute Gasteiger partial charge is 0.472 e. The normalized spacial score (nSPS) is 14.3. The van der Waals surface area contributed by atoms with Gasteiger partial charge in [-0.1, -0.05) is 350 Å². The fraction of sp³-hybridized carbons (Fsp3) is 0.948. The molecule has 0 aliphatic rings. The summed E-state index contributed by atoms with van der Waals surface area (Å²) in [6, 6.07) is 0. The van der Waals surface area contributed by atoms with Gasteiger partial charge in [-0.3, -0.25) is 37.3 Å². The molecule has 0 fully saturated rings. The molecule has 17 nitrogen and oxygen atoms in total. The standard InChI is InChI=1S/C77H150O17P2/c1-7-10-12-14-16-18-20-22-24-26-27-29-31-33-35-37-41-49-55-61-76(81)93-72(65-87-74(79)59-53-47-40-36-34-32-30-28-25-23-21-19-17-15-13-11-8-2)67-91-95(83,84)89-63-71(78)64-90-96(85,86)92-68-73(94-77(82)62-56-50-42-38-39-45-51-57-69(4)5)66-88-75(80)60-54-48-44-43-46-52-58-70(6)9-3/h69-73,78H,7-68H2,1-6H3,(H,83,84)(H,85,86)/t70?,71-,72-,73-/m1/s1. The molecule has 0 aromatic heterocycles. The third-order valence-electron chi connectivity index (χ3n) is 18.3. The lowest BCUT2D eigenvalue weighted by atomic mass is 10.00. The Kier molecular flexibility index (Phi) is 67.4. The Labute approximate surface area is 588 Å². The smallest absolute Gasteiger partial charge is 0.462 e. The number of phosphoric ester groups is 2. The summed E-state index contributed by atoms with van der Waals surface area (Å²) in [6.07, 6.45) is 57.1. The van der Waals surface area contributed by atoms with E-state index < -0.39 is 97.5 Å². The van der Waals surface area contributed by atoms with E-state index in [4.69, 9.17) is 37.0 Å². The number of aliphatic hydroxyl groups is 1. The van der Waals surface area contributed by atoms with Crippen LogP contribution in [-0.2, 0) is 65.4 Å². The number of unbranched alkanes of at least 4 members (excludes halogenated alkanes) is 45. The molecular weight excluding hydrogens is 1260 g/mol. The zero-order chi connectivity index (χ0) is 70.7. The van der Waals surface area contributed by atoms with Crippen molar-refractivity contribution in [2.75, 3.05) is 39.6 Å². The Hall–Kier alpha value is -1.94. The second-order valence-corrected chi connectivity index (χ2v) is 31.4. The van der Waals surface area contributed by atoms with Crippen molar-refractivity contribution in [3.63, 3.8) is 0 Å². The fourth-order valence-corrected chi connectivity index (χ4v) is 13.4. The number of carbonyl (C=O) groups excluding carboxylic acids is 4. The lowest BCUT2D eigenvalue weighted by molar-refractivity contribution is -0.161. The van der Waals surface area contributed by atoms with Gasteiger partial charge in [0.2, 0.25) is 0 Å². The van der Waals surface area contributed by atoms with Crippen molar-refractivity contribution in [2.24, 2.45) is 11.8 Å². The summed E-state index contributed by atoms with van der Waals surface area (Å²) in [5.74, 6) is -0.692. The zero-order valence-electron chi connectivity index (χ0n) is 62.7. The maximum atomic E-state index is 13.1. The van der Waals surface area contributed by atoms with Crippen LogP contribution in [0.2, 0.25) is 0 Å². The predicted molar refractivity (Wildman–Crippen MR) is 391 cm³/mol. The molecule has 96 heavy (non-hydrogen) atoms. The number of carbonyl (C=O) groups is 4. The highest BCUT2D eigenvalue weighted by molar-refractivity contribution is 7.47. The van der Waals surface area contributed by atoms with Crippen LogP contribution in [0, 0.1) is 11.8 Å². The van der Waals surface area contributed by atoms with Gasteiger partial charge in [-0.25, -0.2) is 9.13 Å². The molecule has 0 rings (SSSR count). The molecule has 0 heterocycles. The molecule has 3 unspecified atom stereocenters. The van der Waals surface area contributed by atoms with Gasteiger partial charge >= 0.3 is 39.5 Å². The molecule has 0 radical (unpaired) electrons. The molecule has 0 amide bonds. The minimum absolute atomic E-state index is 0.103. The average Bonchev–Trinajstić information content (AvgIpc) is 1.38. The summed E-state index contributed by atoms with van der Waals surface area (Å²) in [6.45, 7) is 9.50. The minimum atomic E-state index is -4.96. The summed E-state index contributed by atoms with van der Waals surface area (Å²) in [5.41, 5.74) is 0. The third-order valence-corrected chi connectivity index (χ3v) is 20.2. The number of aliphatic hydroxyl groups excluding tert-OH is 1. The van der Waals surface area contributed by atoms with E-state index in [0.717, 1.165) is 102 Å². The van der Waals surface area contributed by atoms with Crippen molar-refractivity contribution in [2.45, 2.75) is 419 Å². The van der Waals surface area contributed by atoms with Crippen LogP contribution in [0.4, 0.5) is 0 Å². The minimum Gasteiger partial charge on any atom is -0.462 e. The van der Waals surface area contributed by atoms with E-state index in [9.17, 15) is 43.2 Å². The van der Waals surface area contributed by atoms with Crippen LogP contribution in [0.5, 0.6) is 0 Å². The van der Waals surface area contributed by atoms with E-state index in [1.54, 1.807) is 0 Å². The Morgan fingerprint density at radius 3 is 0.792 bits per heavy atom. The highest BCUT2D eigenvalue weighted by atomic mass is 31.2. The van der Waals surface area contributed by atoms with Crippen molar-refractivity contribution in [3.8, 4) is 0 Å². The molecule has 6 atom stereocenters. The van der Waals surface area contributed by atoms with Gasteiger partial charge in [-0.2, -0.15) is 0 Å². The van der Waals surface area contributed by atoms with E-state index in [2.05, 4.69) is 41.5 Å². The van der Waals surface area contributed by atoms with Gasteiger partial charge in [0.05, 0.1) is 26.4 Å². The first kappa shape index (κ1) is 94.1. The second kappa shape index (κ2) is 68.8. The fourth-order valence-electron chi connectivity index (χ4n) is 11.8.